The van der Waals surface area contributed by atoms with Crippen LogP contribution in [0.5, 0.6) is 11.5 Å². The Morgan fingerprint density at radius 1 is 0.917 bits per heavy atom. The first-order valence-corrected chi connectivity index (χ1v) is 8.40. The number of phenols is 2. The molecule has 0 atom stereocenters. The van der Waals surface area contributed by atoms with Crippen molar-refractivity contribution in [1.82, 2.24) is 0 Å². The van der Waals surface area contributed by atoms with Gasteiger partial charge in [0.25, 0.3) is 0 Å². The van der Waals surface area contributed by atoms with Gasteiger partial charge in [-0.2, -0.15) is 13.2 Å². The SMILES string of the molecule is CCCCCCCCC=C1C=C(C(F)(F)F)c2cc(O)c(O)cc21. The van der Waals surface area contributed by atoms with Crippen molar-refractivity contribution in [3.05, 3.63) is 35.4 Å². The fraction of sp³-hybridized carbons (Fsp3) is 0.474. The summed E-state index contributed by atoms with van der Waals surface area (Å²) in [4.78, 5) is 0. The van der Waals surface area contributed by atoms with Gasteiger partial charge in [0.15, 0.2) is 11.5 Å². The Morgan fingerprint density at radius 3 is 2.12 bits per heavy atom. The molecule has 2 N–H and O–H groups in total. The summed E-state index contributed by atoms with van der Waals surface area (Å²) < 4.78 is 39.5. The molecule has 0 aromatic heterocycles. The number of hydrogen-bond donors (Lipinski definition) is 2. The van der Waals surface area contributed by atoms with Crippen LogP contribution in [0.3, 0.4) is 0 Å². The molecule has 0 amide bonds. The van der Waals surface area contributed by atoms with Gasteiger partial charge < -0.3 is 10.2 Å². The third kappa shape index (κ3) is 4.34. The van der Waals surface area contributed by atoms with Gasteiger partial charge in [0.1, 0.15) is 0 Å². The Kier molecular flexibility index (Phi) is 5.97. The normalized spacial score (nSPS) is 15.7. The van der Waals surface area contributed by atoms with Gasteiger partial charge in [0.05, 0.1) is 5.57 Å². The van der Waals surface area contributed by atoms with E-state index in [0.29, 0.717) is 17.6 Å². The van der Waals surface area contributed by atoms with Crippen molar-refractivity contribution in [1.29, 1.82) is 0 Å². The smallest absolute Gasteiger partial charge is 0.417 e. The second-order valence-corrected chi connectivity index (χ2v) is 6.16. The number of benzene rings is 1. The van der Waals surface area contributed by atoms with Crippen LogP contribution in [-0.4, -0.2) is 16.4 Å². The van der Waals surface area contributed by atoms with Crippen LogP contribution in [0.4, 0.5) is 13.2 Å². The van der Waals surface area contributed by atoms with Gasteiger partial charge in [-0.05, 0) is 47.8 Å². The fourth-order valence-electron chi connectivity index (χ4n) is 2.94. The van der Waals surface area contributed by atoms with E-state index in [2.05, 4.69) is 6.92 Å². The summed E-state index contributed by atoms with van der Waals surface area (Å²) in [6, 6.07) is 2.18. The number of phenolic OH excluding ortho intramolecular Hbond substituents is 2. The van der Waals surface area contributed by atoms with Gasteiger partial charge in [-0.3, -0.25) is 0 Å². The number of aromatic hydroxyl groups is 2. The molecule has 0 spiro atoms. The molecule has 2 nitrogen and oxygen atoms in total. The molecule has 1 aliphatic carbocycles. The van der Waals surface area contributed by atoms with Crippen molar-refractivity contribution >= 4 is 11.1 Å². The zero-order valence-corrected chi connectivity index (χ0v) is 13.8. The molecule has 0 saturated heterocycles. The van der Waals surface area contributed by atoms with Gasteiger partial charge in [-0.15, -0.1) is 0 Å². The number of alkyl halides is 3. The third-order valence-corrected chi connectivity index (χ3v) is 4.24. The van der Waals surface area contributed by atoms with Gasteiger partial charge in [0.2, 0.25) is 0 Å². The Balaban J connectivity index is 2.12. The average molecular weight is 340 g/mol. The molecule has 0 unspecified atom stereocenters. The van der Waals surface area contributed by atoms with E-state index in [4.69, 9.17) is 0 Å². The predicted molar refractivity (Wildman–Crippen MR) is 89.8 cm³/mol. The lowest BCUT2D eigenvalue weighted by atomic mass is 10.0. The van der Waals surface area contributed by atoms with Gasteiger partial charge >= 0.3 is 6.18 Å². The number of unbranched alkanes of at least 4 members (excludes halogenated alkanes) is 6. The van der Waals surface area contributed by atoms with Crippen LogP contribution in [-0.2, 0) is 0 Å². The molecule has 0 heterocycles. The Hall–Kier alpha value is -1.91. The van der Waals surface area contributed by atoms with Crippen LogP contribution in [0.1, 0.15) is 63.0 Å². The molecule has 0 aliphatic heterocycles. The summed E-state index contributed by atoms with van der Waals surface area (Å²) in [5.41, 5.74) is -0.0706. The van der Waals surface area contributed by atoms with E-state index in [0.717, 1.165) is 31.4 Å². The lowest BCUT2D eigenvalue weighted by molar-refractivity contribution is -0.0687. The van der Waals surface area contributed by atoms with Gasteiger partial charge in [0, 0.05) is 0 Å². The quantitative estimate of drug-likeness (QED) is 0.459. The Morgan fingerprint density at radius 2 is 1.50 bits per heavy atom. The standard InChI is InChI=1S/C19H23F3O2/c1-2-3-4-5-6-7-8-9-13-10-16(19(20,21)22)15-12-18(24)17(23)11-14(13)15/h9-12,23-24H,2-8H2,1H3. The molecule has 0 radical (unpaired) electrons. The van der Waals surface area contributed by atoms with Gasteiger partial charge in [-0.25, -0.2) is 0 Å². The van der Waals surface area contributed by atoms with Crippen molar-refractivity contribution in [3.63, 3.8) is 0 Å². The second-order valence-electron chi connectivity index (χ2n) is 6.16. The van der Waals surface area contributed by atoms with E-state index < -0.39 is 23.2 Å². The molecule has 5 heteroatoms. The molecule has 1 aliphatic rings. The highest BCUT2D eigenvalue weighted by atomic mass is 19.4. The molecule has 132 valence electrons. The maximum Gasteiger partial charge on any atom is 0.417 e. The Bertz CT molecular complexity index is 643. The van der Waals surface area contributed by atoms with Crippen molar-refractivity contribution in [2.24, 2.45) is 0 Å². The summed E-state index contributed by atoms with van der Waals surface area (Å²) in [5, 5.41) is 19.1. The number of halogens is 3. The Labute approximate surface area is 140 Å². The molecular formula is C19H23F3O2. The van der Waals surface area contributed by atoms with Crippen molar-refractivity contribution in [2.45, 2.75) is 58.0 Å². The lowest BCUT2D eigenvalue weighted by Crippen LogP contribution is -2.09. The highest BCUT2D eigenvalue weighted by molar-refractivity contribution is 5.98. The van der Waals surface area contributed by atoms with Crippen LogP contribution in [0.2, 0.25) is 0 Å². The maximum absolute atomic E-state index is 13.2. The molecular weight excluding hydrogens is 317 g/mol. The monoisotopic (exact) mass is 340 g/mol. The highest BCUT2D eigenvalue weighted by Gasteiger charge is 2.39. The summed E-state index contributed by atoms with van der Waals surface area (Å²) in [5.74, 6) is -0.947. The molecule has 2 rings (SSSR count). The van der Waals surface area contributed by atoms with Gasteiger partial charge in [-0.1, -0.05) is 45.1 Å². The summed E-state index contributed by atoms with van der Waals surface area (Å²) in [6.07, 6.45) is 5.83. The number of hydrogen-bond acceptors (Lipinski definition) is 2. The van der Waals surface area contributed by atoms with E-state index in [1.807, 2.05) is 0 Å². The topological polar surface area (TPSA) is 40.5 Å². The number of allylic oxidation sites excluding steroid dienone is 4. The first-order chi connectivity index (χ1) is 11.3. The minimum Gasteiger partial charge on any atom is -0.504 e. The molecule has 0 bridgehead atoms. The predicted octanol–water partition coefficient (Wildman–Crippen LogP) is 6.19. The summed E-state index contributed by atoms with van der Waals surface area (Å²) in [6.45, 7) is 2.15. The minimum atomic E-state index is -4.49. The summed E-state index contributed by atoms with van der Waals surface area (Å²) >= 11 is 0. The van der Waals surface area contributed by atoms with Crippen LogP contribution in [0.25, 0.3) is 11.1 Å². The maximum atomic E-state index is 13.2. The first kappa shape index (κ1) is 18.4. The molecule has 24 heavy (non-hydrogen) atoms. The second kappa shape index (κ2) is 7.77. The molecule has 1 aromatic rings. The van der Waals surface area contributed by atoms with E-state index >= 15 is 0 Å². The average Bonchev–Trinajstić information content (AvgIpc) is 2.85. The highest BCUT2D eigenvalue weighted by Crippen LogP contribution is 2.47. The van der Waals surface area contributed by atoms with Crippen LogP contribution in [0.15, 0.2) is 24.3 Å². The fourth-order valence-corrected chi connectivity index (χ4v) is 2.94. The van der Waals surface area contributed by atoms with Crippen LogP contribution < -0.4 is 0 Å². The number of fused-ring (bicyclic) bond motifs is 1. The van der Waals surface area contributed by atoms with E-state index in [1.54, 1.807) is 6.08 Å². The lowest BCUT2D eigenvalue weighted by Gasteiger charge is -2.10. The minimum absolute atomic E-state index is 0.0769. The zero-order valence-electron chi connectivity index (χ0n) is 13.8. The van der Waals surface area contributed by atoms with Crippen molar-refractivity contribution in [2.75, 3.05) is 0 Å². The van der Waals surface area contributed by atoms with Crippen molar-refractivity contribution in [3.8, 4) is 11.5 Å². The van der Waals surface area contributed by atoms with E-state index in [9.17, 15) is 23.4 Å². The first-order valence-electron chi connectivity index (χ1n) is 8.40. The summed E-state index contributed by atoms with van der Waals surface area (Å²) in [7, 11) is 0. The number of rotatable bonds is 7. The molecule has 0 saturated carbocycles. The third-order valence-electron chi connectivity index (χ3n) is 4.24. The molecule has 1 aromatic carbocycles. The largest absolute Gasteiger partial charge is 0.504 e. The zero-order chi connectivity index (χ0) is 17.7. The van der Waals surface area contributed by atoms with Crippen LogP contribution in [0, 0.1) is 0 Å². The van der Waals surface area contributed by atoms with Crippen LogP contribution >= 0.6 is 0 Å². The van der Waals surface area contributed by atoms with Crippen molar-refractivity contribution < 1.29 is 23.4 Å². The molecule has 0 fully saturated rings. The van der Waals surface area contributed by atoms with E-state index in [-0.39, 0.29) is 5.56 Å². The van der Waals surface area contributed by atoms with E-state index in [1.165, 1.54) is 25.3 Å².